The van der Waals surface area contributed by atoms with Crippen LogP contribution in [0.3, 0.4) is 0 Å². The van der Waals surface area contributed by atoms with Crippen LogP contribution in [0.4, 0.5) is 10.1 Å². The monoisotopic (exact) mass is 300 g/mol. The summed E-state index contributed by atoms with van der Waals surface area (Å²) in [6, 6.07) is 13.9. The number of carbonyl (C=O) groups excluding carboxylic acids is 1. The zero-order chi connectivity index (χ0) is 16.1. The van der Waals surface area contributed by atoms with Crippen LogP contribution in [-0.4, -0.2) is 23.9 Å². The van der Waals surface area contributed by atoms with Gasteiger partial charge in [0.2, 0.25) is 5.91 Å². The van der Waals surface area contributed by atoms with Gasteiger partial charge in [-0.15, -0.1) is 0 Å². The van der Waals surface area contributed by atoms with Crippen molar-refractivity contribution in [2.75, 3.05) is 12.4 Å². The Balaban J connectivity index is 2.01. The molecule has 4 heteroatoms. The molecule has 0 bridgehead atoms. The highest BCUT2D eigenvalue weighted by Gasteiger charge is 2.19. The number of anilines is 1. The van der Waals surface area contributed by atoms with Crippen molar-refractivity contribution in [3.8, 4) is 0 Å². The molecule has 0 spiro atoms. The van der Waals surface area contributed by atoms with Gasteiger partial charge in [0, 0.05) is 17.8 Å². The van der Waals surface area contributed by atoms with Crippen LogP contribution in [-0.2, 0) is 11.3 Å². The lowest BCUT2D eigenvalue weighted by atomic mass is 10.1. The van der Waals surface area contributed by atoms with Crippen molar-refractivity contribution in [3.05, 3.63) is 65.5 Å². The molecule has 0 saturated heterocycles. The predicted molar refractivity (Wildman–Crippen MR) is 87.1 cm³/mol. The summed E-state index contributed by atoms with van der Waals surface area (Å²) in [5.41, 5.74) is 2.40. The van der Waals surface area contributed by atoms with Crippen molar-refractivity contribution >= 4 is 11.6 Å². The van der Waals surface area contributed by atoms with E-state index in [0.29, 0.717) is 12.1 Å². The molecule has 3 nitrogen and oxygen atoms in total. The lowest BCUT2D eigenvalue weighted by Gasteiger charge is -2.24. The van der Waals surface area contributed by atoms with E-state index in [4.69, 9.17) is 0 Å². The Labute approximate surface area is 130 Å². The van der Waals surface area contributed by atoms with E-state index in [1.54, 1.807) is 18.2 Å². The molecule has 22 heavy (non-hydrogen) atoms. The molecule has 2 rings (SSSR count). The van der Waals surface area contributed by atoms with Crippen molar-refractivity contribution in [2.45, 2.75) is 26.4 Å². The number of nitrogens with zero attached hydrogens (tertiary/aromatic N) is 1. The number of amides is 1. The number of likely N-dealkylation sites (N-methyl/N-ethyl adjacent to an activating group) is 1. The van der Waals surface area contributed by atoms with Gasteiger partial charge < -0.3 is 5.32 Å². The van der Waals surface area contributed by atoms with Crippen LogP contribution in [0.2, 0.25) is 0 Å². The van der Waals surface area contributed by atoms with Crippen LogP contribution in [0.5, 0.6) is 0 Å². The van der Waals surface area contributed by atoms with Crippen LogP contribution < -0.4 is 5.32 Å². The summed E-state index contributed by atoms with van der Waals surface area (Å²) < 4.78 is 13.7. The summed E-state index contributed by atoms with van der Waals surface area (Å²) in [6.07, 6.45) is 0. The van der Waals surface area contributed by atoms with Gasteiger partial charge in [0.15, 0.2) is 0 Å². The Morgan fingerprint density at radius 3 is 2.50 bits per heavy atom. The quantitative estimate of drug-likeness (QED) is 0.915. The third-order valence-corrected chi connectivity index (χ3v) is 3.82. The summed E-state index contributed by atoms with van der Waals surface area (Å²) >= 11 is 0. The van der Waals surface area contributed by atoms with Gasteiger partial charge in [-0.1, -0.05) is 36.4 Å². The highest BCUT2D eigenvalue weighted by molar-refractivity contribution is 5.95. The fourth-order valence-corrected chi connectivity index (χ4v) is 2.18. The molecular weight excluding hydrogens is 279 g/mol. The van der Waals surface area contributed by atoms with E-state index in [9.17, 15) is 9.18 Å². The van der Waals surface area contributed by atoms with E-state index in [1.165, 1.54) is 6.07 Å². The number of benzene rings is 2. The van der Waals surface area contributed by atoms with Crippen molar-refractivity contribution in [1.82, 2.24) is 4.90 Å². The van der Waals surface area contributed by atoms with Crippen LogP contribution in [0.25, 0.3) is 0 Å². The van der Waals surface area contributed by atoms with E-state index < -0.39 is 0 Å². The van der Waals surface area contributed by atoms with Gasteiger partial charge >= 0.3 is 0 Å². The molecule has 1 atom stereocenters. The summed E-state index contributed by atoms with van der Waals surface area (Å²) in [6.45, 7) is 4.15. The van der Waals surface area contributed by atoms with E-state index in [-0.39, 0.29) is 17.8 Å². The zero-order valence-electron chi connectivity index (χ0n) is 13.1. The van der Waals surface area contributed by atoms with Gasteiger partial charge in [0.05, 0.1) is 6.04 Å². The second kappa shape index (κ2) is 7.18. The van der Waals surface area contributed by atoms with Gasteiger partial charge in [-0.3, -0.25) is 9.69 Å². The standard InChI is InChI=1S/C18H21FN2O/c1-13-8-4-7-11-17(13)20-18(22)14(2)21(3)12-15-9-5-6-10-16(15)19/h4-11,14H,12H2,1-3H3,(H,20,22)/t14-/m0/s1. The number of para-hydroxylation sites is 1. The van der Waals surface area contributed by atoms with E-state index in [0.717, 1.165) is 11.3 Å². The maximum Gasteiger partial charge on any atom is 0.241 e. The molecular formula is C18H21FN2O. The predicted octanol–water partition coefficient (Wildman–Crippen LogP) is 3.59. The number of hydrogen-bond donors (Lipinski definition) is 1. The minimum atomic E-state index is -0.362. The molecule has 0 fully saturated rings. The number of rotatable bonds is 5. The second-order valence-electron chi connectivity index (χ2n) is 5.49. The van der Waals surface area contributed by atoms with Crippen molar-refractivity contribution < 1.29 is 9.18 Å². The number of hydrogen-bond acceptors (Lipinski definition) is 2. The molecule has 1 N–H and O–H groups in total. The molecule has 1 amide bonds. The Morgan fingerprint density at radius 2 is 1.82 bits per heavy atom. The smallest absolute Gasteiger partial charge is 0.241 e. The topological polar surface area (TPSA) is 32.3 Å². The molecule has 0 unspecified atom stereocenters. The maximum atomic E-state index is 13.7. The van der Waals surface area contributed by atoms with E-state index >= 15 is 0 Å². The largest absolute Gasteiger partial charge is 0.324 e. The Hall–Kier alpha value is -2.20. The van der Waals surface area contributed by atoms with Crippen LogP contribution >= 0.6 is 0 Å². The third-order valence-electron chi connectivity index (χ3n) is 3.82. The average Bonchev–Trinajstić information content (AvgIpc) is 2.51. The molecule has 0 aromatic heterocycles. The summed E-state index contributed by atoms with van der Waals surface area (Å²) in [5.74, 6) is -0.353. The minimum Gasteiger partial charge on any atom is -0.324 e. The third kappa shape index (κ3) is 3.92. The number of halogens is 1. The molecule has 0 aliphatic rings. The van der Waals surface area contributed by atoms with Gasteiger partial charge in [-0.05, 0) is 38.6 Å². The zero-order valence-corrected chi connectivity index (χ0v) is 13.1. The first-order chi connectivity index (χ1) is 10.5. The number of nitrogens with one attached hydrogen (secondary N) is 1. The van der Waals surface area contributed by atoms with Gasteiger partial charge in [-0.25, -0.2) is 4.39 Å². The van der Waals surface area contributed by atoms with Gasteiger partial charge in [0.1, 0.15) is 5.82 Å². The fourth-order valence-electron chi connectivity index (χ4n) is 2.18. The molecule has 0 aliphatic carbocycles. The summed E-state index contributed by atoms with van der Waals surface area (Å²) in [7, 11) is 1.81. The molecule has 0 radical (unpaired) electrons. The van der Waals surface area contributed by atoms with Crippen molar-refractivity contribution in [2.24, 2.45) is 0 Å². The second-order valence-corrected chi connectivity index (χ2v) is 5.49. The van der Waals surface area contributed by atoms with Crippen molar-refractivity contribution in [1.29, 1.82) is 0 Å². The Morgan fingerprint density at radius 1 is 1.18 bits per heavy atom. The van der Waals surface area contributed by atoms with E-state index in [1.807, 2.05) is 50.1 Å². The number of aryl methyl sites for hydroxylation is 1. The van der Waals surface area contributed by atoms with E-state index in [2.05, 4.69) is 5.32 Å². The molecule has 116 valence electrons. The van der Waals surface area contributed by atoms with Gasteiger partial charge in [0.25, 0.3) is 0 Å². The lowest BCUT2D eigenvalue weighted by Crippen LogP contribution is -2.39. The Kier molecular flexibility index (Phi) is 5.28. The van der Waals surface area contributed by atoms with Crippen LogP contribution in [0, 0.1) is 12.7 Å². The summed E-state index contributed by atoms with van der Waals surface area (Å²) in [4.78, 5) is 14.2. The normalized spacial score (nSPS) is 12.2. The molecule has 0 saturated carbocycles. The maximum absolute atomic E-state index is 13.7. The first kappa shape index (κ1) is 16.2. The fraction of sp³-hybridized carbons (Fsp3) is 0.278. The van der Waals surface area contributed by atoms with Crippen LogP contribution in [0.1, 0.15) is 18.1 Å². The molecule has 2 aromatic rings. The Bertz CT molecular complexity index is 657. The SMILES string of the molecule is Cc1ccccc1NC(=O)[C@H](C)N(C)Cc1ccccc1F. The van der Waals surface area contributed by atoms with Crippen molar-refractivity contribution in [3.63, 3.8) is 0 Å². The molecule has 0 heterocycles. The average molecular weight is 300 g/mol. The first-order valence-corrected chi connectivity index (χ1v) is 7.29. The number of carbonyl (C=O) groups is 1. The summed E-state index contributed by atoms with van der Waals surface area (Å²) in [5, 5.41) is 2.92. The first-order valence-electron chi connectivity index (χ1n) is 7.29. The highest BCUT2D eigenvalue weighted by Crippen LogP contribution is 2.15. The van der Waals surface area contributed by atoms with Gasteiger partial charge in [-0.2, -0.15) is 0 Å². The molecule has 2 aromatic carbocycles. The molecule has 0 aliphatic heterocycles. The highest BCUT2D eigenvalue weighted by atomic mass is 19.1. The lowest BCUT2D eigenvalue weighted by molar-refractivity contribution is -0.120. The van der Waals surface area contributed by atoms with Crippen LogP contribution in [0.15, 0.2) is 48.5 Å². The minimum absolute atomic E-state index is 0.104.